The van der Waals surface area contributed by atoms with Gasteiger partial charge in [-0.25, -0.2) is 9.55 Å². The Labute approximate surface area is 202 Å². The van der Waals surface area contributed by atoms with Crippen molar-refractivity contribution in [3.63, 3.8) is 0 Å². The number of oxime groups is 1. The van der Waals surface area contributed by atoms with Crippen molar-refractivity contribution in [1.29, 1.82) is 0 Å². The monoisotopic (exact) mass is 501 g/mol. The summed E-state index contributed by atoms with van der Waals surface area (Å²) in [7, 11) is 0. The number of aromatic nitrogens is 3. The number of rotatable bonds is 9. The number of hydrogen-bond acceptors (Lipinski definition) is 11. The van der Waals surface area contributed by atoms with Crippen LogP contribution in [-0.2, 0) is 32.2 Å². The van der Waals surface area contributed by atoms with Gasteiger partial charge in [0.15, 0.2) is 39.9 Å². The summed E-state index contributed by atoms with van der Waals surface area (Å²) in [4.78, 5) is 46.4. The maximum Gasteiger partial charge on any atom is 0.234 e. The van der Waals surface area contributed by atoms with Gasteiger partial charge in [0.1, 0.15) is 6.61 Å². The van der Waals surface area contributed by atoms with Gasteiger partial charge in [-0.3, -0.25) is 14.5 Å². The second-order valence-corrected chi connectivity index (χ2v) is 9.26. The minimum Gasteiger partial charge on any atom is -0.543 e. The summed E-state index contributed by atoms with van der Waals surface area (Å²) < 4.78 is 5.70. The highest BCUT2D eigenvalue weighted by Crippen LogP contribution is 2.49. The van der Waals surface area contributed by atoms with Crippen molar-refractivity contribution < 1.29 is 28.9 Å². The molecule has 2 aromatic rings. The van der Waals surface area contributed by atoms with Crippen molar-refractivity contribution in [1.82, 2.24) is 19.6 Å². The molecule has 2 amide bonds. The number of anilines is 1. The first-order valence-corrected chi connectivity index (χ1v) is 11.5. The summed E-state index contributed by atoms with van der Waals surface area (Å²) in [5.41, 5.74) is 5.38. The molecule has 0 bridgehead atoms. The Hall–Kier alpha value is -3.78. The van der Waals surface area contributed by atoms with Gasteiger partial charge in [0.05, 0.1) is 30.1 Å². The van der Waals surface area contributed by atoms with Crippen LogP contribution in [0.3, 0.4) is 0 Å². The molecule has 4 heterocycles. The number of carbonyl (C=O) groups is 3. The number of aliphatic carboxylic acids is 1. The number of amides is 2. The predicted octanol–water partition coefficient (Wildman–Crippen LogP) is -1.08. The van der Waals surface area contributed by atoms with Crippen molar-refractivity contribution in [3.05, 3.63) is 60.3 Å². The van der Waals surface area contributed by atoms with Crippen LogP contribution in [-0.4, -0.2) is 48.7 Å². The molecule has 2 aliphatic heterocycles. The minimum absolute atomic E-state index is 0.0727. The van der Waals surface area contributed by atoms with Gasteiger partial charge in [0, 0.05) is 23.7 Å². The van der Waals surface area contributed by atoms with E-state index in [4.69, 9.17) is 10.6 Å². The van der Waals surface area contributed by atoms with Gasteiger partial charge in [-0.2, -0.15) is 4.37 Å². The summed E-state index contributed by atoms with van der Waals surface area (Å²) in [6, 6.07) is 5.37. The molecule has 34 heavy (non-hydrogen) atoms. The largest absolute Gasteiger partial charge is 0.543 e. The molecule has 1 saturated heterocycles. The summed E-state index contributed by atoms with van der Waals surface area (Å²) in [5, 5.41) is 19.5. The fourth-order valence-electron chi connectivity index (χ4n) is 3.49. The molecule has 4 rings (SSSR count). The van der Waals surface area contributed by atoms with Crippen LogP contribution in [0.2, 0.25) is 0 Å². The van der Waals surface area contributed by atoms with E-state index in [1.165, 1.54) is 6.08 Å². The summed E-state index contributed by atoms with van der Waals surface area (Å²) in [6.45, 7) is 3.72. The van der Waals surface area contributed by atoms with E-state index in [1.807, 2.05) is 6.07 Å². The van der Waals surface area contributed by atoms with E-state index in [9.17, 15) is 19.5 Å². The van der Waals surface area contributed by atoms with Crippen LogP contribution < -0.4 is 20.7 Å². The van der Waals surface area contributed by atoms with Crippen LogP contribution >= 0.6 is 23.3 Å². The Morgan fingerprint density at radius 1 is 1.41 bits per heavy atom. The average molecular weight is 502 g/mol. The highest BCUT2D eigenvalue weighted by molar-refractivity contribution is 8.15. The van der Waals surface area contributed by atoms with Crippen LogP contribution in [0.15, 0.2) is 59.7 Å². The van der Waals surface area contributed by atoms with Crippen molar-refractivity contribution in [2.75, 3.05) is 12.3 Å². The molecule has 0 radical (unpaired) electrons. The SMILES string of the molecule is C=CCON=C1S[C@]2(NC(=O)Cc3nsc(N)n3)CC(=O)N2C(C(=O)[O-])=C1C[n+]1ccccc1. The molecule has 0 aromatic carbocycles. The highest BCUT2D eigenvalue weighted by atomic mass is 32.2. The lowest BCUT2D eigenvalue weighted by Crippen LogP contribution is -2.73. The van der Waals surface area contributed by atoms with E-state index in [2.05, 4.69) is 26.4 Å². The zero-order valence-electron chi connectivity index (χ0n) is 17.7. The van der Waals surface area contributed by atoms with Gasteiger partial charge < -0.3 is 25.8 Å². The number of carboxylic acids is 1. The van der Waals surface area contributed by atoms with Crippen molar-refractivity contribution in [2.24, 2.45) is 5.16 Å². The third-order valence-electron chi connectivity index (χ3n) is 4.82. The van der Waals surface area contributed by atoms with E-state index in [0.717, 1.165) is 28.2 Å². The lowest BCUT2D eigenvalue weighted by atomic mass is 10.0. The number of nitrogens with one attached hydrogen (secondary N) is 1. The molecule has 0 aliphatic carbocycles. The van der Waals surface area contributed by atoms with Crippen LogP contribution in [0.4, 0.5) is 5.13 Å². The van der Waals surface area contributed by atoms with Crippen molar-refractivity contribution in [2.45, 2.75) is 24.4 Å². The summed E-state index contributed by atoms with van der Waals surface area (Å²) >= 11 is 1.97. The first-order chi connectivity index (χ1) is 16.3. The molecule has 176 valence electrons. The topological polar surface area (TPSA) is 167 Å². The Bertz CT molecular complexity index is 1210. The number of hydrogen-bond donors (Lipinski definition) is 2. The number of nitrogen functional groups attached to an aromatic ring is 1. The number of β-lactam (4-membered cyclic amide) rings is 1. The molecule has 0 spiro atoms. The maximum absolute atomic E-state index is 12.8. The average Bonchev–Trinajstić information content (AvgIpc) is 3.19. The van der Waals surface area contributed by atoms with E-state index in [0.29, 0.717) is 0 Å². The molecule has 12 nitrogen and oxygen atoms in total. The van der Waals surface area contributed by atoms with Gasteiger partial charge in [-0.15, -0.1) is 0 Å². The maximum atomic E-state index is 12.8. The number of fused-ring (bicyclic) bond motifs is 1. The first kappa shape index (κ1) is 23.4. The quantitative estimate of drug-likeness (QED) is 0.143. The second-order valence-electron chi connectivity index (χ2n) is 7.21. The summed E-state index contributed by atoms with van der Waals surface area (Å²) in [6.07, 6.45) is 4.60. The fraction of sp³-hybridized carbons (Fsp3) is 0.250. The molecular weight excluding hydrogens is 482 g/mol. The lowest BCUT2D eigenvalue weighted by molar-refractivity contribution is -0.688. The van der Waals surface area contributed by atoms with E-state index in [-0.39, 0.29) is 53.3 Å². The number of carbonyl (C=O) groups excluding carboxylic acids is 3. The zero-order chi connectivity index (χ0) is 24.3. The Morgan fingerprint density at radius 3 is 2.79 bits per heavy atom. The standard InChI is InChI=1S/C20H19N7O5S2/c1-2-8-32-24-17-12(11-26-6-4-3-5-7-26)16(18(30)31)27-15(29)10-20(27,33-17)23-14(28)9-13-22-19(21)34-25-13/h2-7H,1,8-11H2,(H3-,21,22,23,25,28,30,31)/t20-/m0/s1. The number of carboxylic acid groups (broad SMARTS) is 1. The van der Waals surface area contributed by atoms with Gasteiger partial charge in [-0.1, -0.05) is 35.6 Å². The molecule has 14 heteroatoms. The highest BCUT2D eigenvalue weighted by Gasteiger charge is 2.59. The minimum atomic E-state index is -1.58. The number of nitrogens with two attached hydrogens (primary N) is 1. The van der Waals surface area contributed by atoms with Gasteiger partial charge in [-0.05, 0) is 0 Å². The Kier molecular flexibility index (Phi) is 6.61. The lowest BCUT2D eigenvalue weighted by Gasteiger charge is -2.54. The van der Waals surface area contributed by atoms with Crippen molar-refractivity contribution >= 4 is 51.3 Å². The summed E-state index contributed by atoms with van der Waals surface area (Å²) in [5.74, 6) is -2.37. The van der Waals surface area contributed by atoms with Crippen LogP contribution in [0.25, 0.3) is 0 Å². The molecule has 2 aromatic heterocycles. The molecule has 0 saturated carbocycles. The molecule has 1 atom stereocenters. The zero-order valence-corrected chi connectivity index (χ0v) is 19.3. The van der Waals surface area contributed by atoms with E-state index >= 15 is 0 Å². The Balaban J connectivity index is 1.71. The third kappa shape index (κ3) is 4.63. The molecule has 3 N–H and O–H groups in total. The molecule has 1 fully saturated rings. The number of thioether (sulfide) groups is 1. The number of nitrogens with zero attached hydrogens (tertiary/aromatic N) is 5. The second kappa shape index (κ2) is 9.61. The molecule has 0 unspecified atom stereocenters. The van der Waals surface area contributed by atoms with Crippen molar-refractivity contribution in [3.8, 4) is 0 Å². The van der Waals surface area contributed by atoms with Gasteiger partial charge in [0.2, 0.25) is 11.8 Å². The fourth-order valence-corrected chi connectivity index (χ4v) is 5.28. The van der Waals surface area contributed by atoms with E-state index < -0.39 is 22.8 Å². The third-order valence-corrected chi connectivity index (χ3v) is 6.68. The molecule has 2 aliphatic rings. The van der Waals surface area contributed by atoms with Gasteiger partial charge in [0.25, 0.3) is 0 Å². The van der Waals surface area contributed by atoms with E-state index in [1.54, 1.807) is 29.1 Å². The Morgan fingerprint density at radius 2 is 2.18 bits per heavy atom. The van der Waals surface area contributed by atoms with Crippen LogP contribution in [0.5, 0.6) is 0 Å². The van der Waals surface area contributed by atoms with Crippen LogP contribution in [0, 0.1) is 0 Å². The van der Waals surface area contributed by atoms with Crippen LogP contribution in [0.1, 0.15) is 12.2 Å². The van der Waals surface area contributed by atoms with Gasteiger partial charge >= 0.3 is 0 Å². The molecular formula is C20H19N7O5S2. The normalized spacial score (nSPS) is 20.5. The number of pyridine rings is 1. The smallest absolute Gasteiger partial charge is 0.234 e. The predicted molar refractivity (Wildman–Crippen MR) is 120 cm³/mol. The first-order valence-electron chi connectivity index (χ1n) is 9.94.